The SMILES string of the molecule is O=c1cc(-c2ccncc2)nc(NCCc2ccc(Cl)cc2)[nH]1. The lowest BCUT2D eigenvalue weighted by Gasteiger charge is -2.07. The van der Waals surface area contributed by atoms with Gasteiger partial charge in [-0.15, -0.1) is 0 Å². The number of nitrogens with one attached hydrogen (secondary N) is 2. The molecule has 0 aliphatic heterocycles. The van der Waals surface area contributed by atoms with Crippen molar-refractivity contribution in [3.8, 4) is 11.3 Å². The summed E-state index contributed by atoms with van der Waals surface area (Å²) in [5.74, 6) is 0.457. The fraction of sp³-hybridized carbons (Fsp3) is 0.118. The second-order valence-corrected chi connectivity index (χ2v) is 5.45. The van der Waals surface area contributed by atoms with Gasteiger partial charge >= 0.3 is 0 Å². The molecule has 0 spiro atoms. The van der Waals surface area contributed by atoms with E-state index in [2.05, 4.69) is 20.3 Å². The van der Waals surface area contributed by atoms with E-state index in [1.807, 2.05) is 36.4 Å². The number of benzene rings is 1. The van der Waals surface area contributed by atoms with Crippen LogP contribution >= 0.6 is 11.6 Å². The highest BCUT2D eigenvalue weighted by Crippen LogP contribution is 2.15. The van der Waals surface area contributed by atoms with Gasteiger partial charge in [-0.3, -0.25) is 14.8 Å². The lowest BCUT2D eigenvalue weighted by atomic mass is 10.1. The Kier molecular flexibility index (Phi) is 4.68. The van der Waals surface area contributed by atoms with Crippen LogP contribution in [0.3, 0.4) is 0 Å². The molecule has 2 aromatic heterocycles. The fourth-order valence-corrected chi connectivity index (χ4v) is 2.31. The van der Waals surface area contributed by atoms with E-state index in [9.17, 15) is 4.79 Å². The van der Waals surface area contributed by atoms with Crippen LogP contribution in [0.5, 0.6) is 0 Å². The van der Waals surface area contributed by atoms with Crippen molar-refractivity contribution in [1.29, 1.82) is 0 Å². The maximum absolute atomic E-state index is 11.8. The first-order valence-corrected chi connectivity index (χ1v) is 7.58. The molecular weight excluding hydrogens is 312 g/mol. The molecule has 0 bridgehead atoms. The number of aromatic nitrogens is 3. The maximum atomic E-state index is 11.8. The van der Waals surface area contributed by atoms with Crippen LogP contribution < -0.4 is 10.9 Å². The molecular formula is C17H15ClN4O. The summed E-state index contributed by atoms with van der Waals surface area (Å²) in [6.07, 6.45) is 4.15. The highest BCUT2D eigenvalue weighted by atomic mass is 35.5. The quantitative estimate of drug-likeness (QED) is 0.755. The van der Waals surface area contributed by atoms with E-state index in [1.165, 1.54) is 6.07 Å². The van der Waals surface area contributed by atoms with Gasteiger partial charge in [0.2, 0.25) is 5.95 Å². The highest BCUT2D eigenvalue weighted by molar-refractivity contribution is 6.30. The molecule has 2 heterocycles. The van der Waals surface area contributed by atoms with E-state index in [-0.39, 0.29) is 5.56 Å². The largest absolute Gasteiger partial charge is 0.355 e. The third kappa shape index (κ3) is 4.17. The molecule has 0 radical (unpaired) electrons. The minimum absolute atomic E-state index is 0.194. The molecule has 0 saturated carbocycles. The smallest absolute Gasteiger partial charge is 0.252 e. The van der Waals surface area contributed by atoms with Crippen LogP contribution in [-0.4, -0.2) is 21.5 Å². The Morgan fingerprint density at radius 2 is 1.83 bits per heavy atom. The van der Waals surface area contributed by atoms with Crippen molar-refractivity contribution in [1.82, 2.24) is 15.0 Å². The second-order valence-electron chi connectivity index (χ2n) is 5.02. The van der Waals surface area contributed by atoms with Gasteiger partial charge in [-0.25, -0.2) is 4.98 Å². The predicted molar refractivity (Wildman–Crippen MR) is 91.7 cm³/mol. The Balaban J connectivity index is 1.69. The van der Waals surface area contributed by atoms with E-state index in [0.717, 1.165) is 22.6 Å². The van der Waals surface area contributed by atoms with Gasteiger partial charge in [0.1, 0.15) is 0 Å². The van der Waals surface area contributed by atoms with Crippen LogP contribution in [0, 0.1) is 0 Å². The molecule has 0 fully saturated rings. The Hall–Kier alpha value is -2.66. The Bertz CT molecular complexity index is 831. The van der Waals surface area contributed by atoms with Crippen LogP contribution in [-0.2, 0) is 6.42 Å². The van der Waals surface area contributed by atoms with Crippen LogP contribution in [0.15, 0.2) is 59.7 Å². The monoisotopic (exact) mass is 326 g/mol. The molecule has 2 N–H and O–H groups in total. The molecule has 23 heavy (non-hydrogen) atoms. The van der Waals surface area contributed by atoms with Crippen molar-refractivity contribution in [2.45, 2.75) is 6.42 Å². The van der Waals surface area contributed by atoms with Gasteiger partial charge in [0.15, 0.2) is 0 Å². The summed E-state index contributed by atoms with van der Waals surface area (Å²) in [4.78, 5) is 22.9. The van der Waals surface area contributed by atoms with Crippen molar-refractivity contribution in [2.75, 3.05) is 11.9 Å². The fourth-order valence-electron chi connectivity index (χ4n) is 2.19. The lowest BCUT2D eigenvalue weighted by molar-refractivity contribution is 0.977. The van der Waals surface area contributed by atoms with Gasteiger partial charge in [0, 0.05) is 35.6 Å². The third-order valence-corrected chi connectivity index (χ3v) is 3.59. The number of hydrogen-bond acceptors (Lipinski definition) is 4. The predicted octanol–water partition coefficient (Wildman–Crippen LogP) is 3.14. The van der Waals surface area contributed by atoms with E-state index in [4.69, 9.17) is 11.6 Å². The van der Waals surface area contributed by atoms with Gasteiger partial charge < -0.3 is 5.32 Å². The van der Waals surface area contributed by atoms with Crippen molar-refractivity contribution < 1.29 is 0 Å². The van der Waals surface area contributed by atoms with Crippen LogP contribution in [0.4, 0.5) is 5.95 Å². The number of halogens is 1. The number of pyridine rings is 1. The number of anilines is 1. The molecule has 0 saturated heterocycles. The molecule has 5 nitrogen and oxygen atoms in total. The molecule has 6 heteroatoms. The van der Waals surface area contributed by atoms with Crippen molar-refractivity contribution in [2.24, 2.45) is 0 Å². The summed E-state index contributed by atoms with van der Waals surface area (Å²) in [5, 5.41) is 3.86. The first-order chi connectivity index (χ1) is 11.2. The molecule has 3 rings (SSSR count). The number of H-pyrrole nitrogens is 1. The number of nitrogens with zero attached hydrogens (tertiary/aromatic N) is 2. The molecule has 0 atom stereocenters. The average molecular weight is 327 g/mol. The second kappa shape index (κ2) is 7.07. The van der Waals surface area contributed by atoms with Crippen molar-refractivity contribution >= 4 is 17.5 Å². The summed E-state index contributed by atoms with van der Waals surface area (Å²) >= 11 is 5.86. The number of hydrogen-bond donors (Lipinski definition) is 2. The van der Waals surface area contributed by atoms with E-state index >= 15 is 0 Å². The van der Waals surface area contributed by atoms with Crippen LogP contribution in [0.25, 0.3) is 11.3 Å². The molecule has 0 aliphatic rings. The molecule has 116 valence electrons. The van der Waals surface area contributed by atoms with Gasteiger partial charge in [-0.2, -0.15) is 0 Å². The molecule has 0 aliphatic carbocycles. The zero-order valence-electron chi connectivity index (χ0n) is 12.3. The Morgan fingerprint density at radius 3 is 2.57 bits per heavy atom. The average Bonchev–Trinajstić information content (AvgIpc) is 2.57. The highest BCUT2D eigenvalue weighted by Gasteiger charge is 2.03. The summed E-state index contributed by atoms with van der Waals surface area (Å²) in [6.45, 7) is 0.657. The number of aromatic amines is 1. The summed E-state index contributed by atoms with van der Waals surface area (Å²) in [7, 11) is 0. The summed E-state index contributed by atoms with van der Waals surface area (Å²) < 4.78 is 0. The lowest BCUT2D eigenvalue weighted by Crippen LogP contribution is -2.14. The minimum Gasteiger partial charge on any atom is -0.355 e. The summed E-state index contributed by atoms with van der Waals surface area (Å²) in [5.41, 5.74) is 2.44. The first kappa shape index (κ1) is 15.2. The van der Waals surface area contributed by atoms with E-state index < -0.39 is 0 Å². The molecule has 0 amide bonds. The standard InChI is InChI=1S/C17H15ClN4O/c18-14-3-1-12(2-4-14)5-10-20-17-21-15(11-16(23)22-17)13-6-8-19-9-7-13/h1-4,6-9,11H,5,10H2,(H2,20,21,22,23). The van der Waals surface area contributed by atoms with Crippen molar-refractivity contribution in [3.05, 3.63) is 75.8 Å². The minimum atomic E-state index is -0.194. The Labute approximate surface area is 138 Å². The van der Waals surface area contributed by atoms with Crippen LogP contribution in [0.1, 0.15) is 5.56 Å². The number of rotatable bonds is 5. The van der Waals surface area contributed by atoms with Gasteiger partial charge in [-0.05, 0) is 36.2 Å². The molecule has 3 aromatic rings. The van der Waals surface area contributed by atoms with Crippen LogP contribution in [0.2, 0.25) is 5.02 Å². The zero-order chi connectivity index (χ0) is 16.1. The molecule has 0 unspecified atom stereocenters. The molecule has 1 aromatic carbocycles. The van der Waals surface area contributed by atoms with E-state index in [0.29, 0.717) is 18.2 Å². The first-order valence-electron chi connectivity index (χ1n) is 7.21. The summed E-state index contributed by atoms with van der Waals surface area (Å²) in [6, 6.07) is 12.8. The van der Waals surface area contributed by atoms with Gasteiger partial charge in [0.25, 0.3) is 5.56 Å². The Morgan fingerprint density at radius 1 is 1.09 bits per heavy atom. The topological polar surface area (TPSA) is 70.7 Å². The maximum Gasteiger partial charge on any atom is 0.252 e. The van der Waals surface area contributed by atoms with E-state index in [1.54, 1.807) is 12.4 Å². The van der Waals surface area contributed by atoms with Gasteiger partial charge in [-0.1, -0.05) is 23.7 Å². The normalized spacial score (nSPS) is 10.5. The zero-order valence-corrected chi connectivity index (χ0v) is 13.0. The van der Waals surface area contributed by atoms with Gasteiger partial charge in [0.05, 0.1) is 5.69 Å². The third-order valence-electron chi connectivity index (χ3n) is 3.34. The van der Waals surface area contributed by atoms with Crippen molar-refractivity contribution in [3.63, 3.8) is 0 Å².